The molecular formula is C27H31N3O3. The fourth-order valence-electron chi connectivity index (χ4n) is 5.04. The average Bonchev–Trinajstić information content (AvgIpc) is 3.25. The zero-order valence-electron chi connectivity index (χ0n) is 19.0. The van der Waals surface area contributed by atoms with Crippen LogP contribution >= 0.6 is 0 Å². The summed E-state index contributed by atoms with van der Waals surface area (Å²) in [6, 6.07) is 16.3. The van der Waals surface area contributed by atoms with Gasteiger partial charge in [0.05, 0.1) is 6.61 Å². The van der Waals surface area contributed by atoms with Gasteiger partial charge < -0.3 is 19.5 Å². The highest BCUT2D eigenvalue weighted by Crippen LogP contribution is 2.26. The topological polar surface area (TPSA) is 63.6 Å². The average molecular weight is 446 g/mol. The van der Waals surface area contributed by atoms with Gasteiger partial charge in [-0.3, -0.25) is 9.59 Å². The zero-order valence-corrected chi connectivity index (χ0v) is 19.0. The molecule has 0 unspecified atom stereocenters. The van der Waals surface area contributed by atoms with Gasteiger partial charge in [-0.1, -0.05) is 30.3 Å². The maximum Gasteiger partial charge on any atom is 0.242 e. The van der Waals surface area contributed by atoms with Crippen LogP contribution in [0.4, 0.5) is 0 Å². The van der Waals surface area contributed by atoms with Crippen LogP contribution in [0.1, 0.15) is 36.8 Å². The quantitative estimate of drug-likeness (QED) is 0.626. The minimum atomic E-state index is 0.0553. The predicted octanol–water partition coefficient (Wildman–Crippen LogP) is 3.91. The van der Waals surface area contributed by atoms with E-state index < -0.39 is 0 Å². The third-order valence-corrected chi connectivity index (χ3v) is 6.79. The first-order chi connectivity index (χ1) is 16.2. The number of ether oxygens (including phenoxy) is 1. The van der Waals surface area contributed by atoms with Crippen LogP contribution in [0.2, 0.25) is 0 Å². The van der Waals surface area contributed by atoms with E-state index in [1.165, 1.54) is 5.56 Å². The number of carbonyl (C=O) groups is 2. The van der Waals surface area contributed by atoms with Crippen LogP contribution in [-0.2, 0) is 29.1 Å². The zero-order chi connectivity index (χ0) is 22.6. The lowest BCUT2D eigenvalue weighted by molar-refractivity contribution is -0.134. The number of benzene rings is 2. The van der Waals surface area contributed by atoms with Crippen molar-refractivity contribution < 1.29 is 14.3 Å². The molecule has 2 aromatic carbocycles. The van der Waals surface area contributed by atoms with Gasteiger partial charge in [-0.2, -0.15) is 0 Å². The molecule has 0 spiro atoms. The van der Waals surface area contributed by atoms with Crippen LogP contribution in [0, 0.1) is 5.92 Å². The summed E-state index contributed by atoms with van der Waals surface area (Å²) in [5, 5.41) is 4.21. The Kier molecular flexibility index (Phi) is 6.33. The molecule has 0 radical (unpaired) electrons. The molecule has 1 aromatic heterocycles. The van der Waals surface area contributed by atoms with Crippen molar-refractivity contribution in [3.63, 3.8) is 0 Å². The number of aromatic nitrogens is 1. The van der Waals surface area contributed by atoms with Crippen molar-refractivity contribution in [3.05, 3.63) is 65.9 Å². The van der Waals surface area contributed by atoms with Gasteiger partial charge in [0, 0.05) is 37.8 Å². The number of para-hydroxylation sites is 1. The fourth-order valence-corrected chi connectivity index (χ4v) is 5.04. The first kappa shape index (κ1) is 21.6. The summed E-state index contributed by atoms with van der Waals surface area (Å²) in [4.78, 5) is 27.5. The monoisotopic (exact) mass is 445 g/mol. The molecule has 2 aliphatic rings. The Morgan fingerprint density at radius 2 is 2.00 bits per heavy atom. The maximum atomic E-state index is 13.0. The predicted molar refractivity (Wildman–Crippen MR) is 128 cm³/mol. The Morgan fingerprint density at radius 1 is 1.09 bits per heavy atom. The number of nitrogens with one attached hydrogen (secondary N) is 1. The lowest BCUT2D eigenvalue weighted by atomic mass is 9.94. The second kappa shape index (κ2) is 9.69. The van der Waals surface area contributed by atoms with Crippen molar-refractivity contribution in [1.29, 1.82) is 0 Å². The summed E-state index contributed by atoms with van der Waals surface area (Å²) in [5.41, 5.74) is 3.41. The lowest BCUT2D eigenvalue weighted by Gasteiger charge is -2.32. The Morgan fingerprint density at radius 3 is 2.94 bits per heavy atom. The number of piperidine rings is 1. The van der Waals surface area contributed by atoms with Gasteiger partial charge in [0.1, 0.15) is 12.3 Å². The molecule has 172 valence electrons. The summed E-state index contributed by atoms with van der Waals surface area (Å²) in [7, 11) is 0. The van der Waals surface area contributed by atoms with E-state index in [4.69, 9.17) is 4.74 Å². The van der Waals surface area contributed by atoms with Gasteiger partial charge in [-0.15, -0.1) is 0 Å². The second-order valence-corrected chi connectivity index (χ2v) is 9.23. The fraction of sp³-hybridized carbons (Fsp3) is 0.407. The van der Waals surface area contributed by atoms with E-state index in [-0.39, 0.29) is 17.7 Å². The molecular weight excluding hydrogens is 414 g/mol. The van der Waals surface area contributed by atoms with E-state index >= 15 is 0 Å². The number of fused-ring (bicyclic) bond motifs is 2. The van der Waals surface area contributed by atoms with E-state index in [1.807, 2.05) is 52.1 Å². The maximum absolute atomic E-state index is 13.0. The molecule has 1 N–H and O–H groups in total. The van der Waals surface area contributed by atoms with Gasteiger partial charge in [0.25, 0.3) is 0 Å². The summed E-state index contributed by atoms with van der Waals surface area (Å²) in [6.45, 7) is 3.08. The number of carbonyl (C=O) groups excluding carboxylic acids is 2. The molecule has 3 heterocycles. The van der Waals surface area contributed by atoms with Crippen molar-refractivity contribution in [1.82, 2.24) is 14.8 Å². The number of rotatable bonds is 6. The Labute approximate surface area is 194 Å². The molecule has 2 aliphatic heterocycles. The smallest absolute Gasteiger partial charge is 0.242 e. The Hall–Kier alpha value is -3.28. The number of likely N-dealkylation sites (tertiary alicyclic amines) is 1. The number of hydrogen-bond donors (Lipinski definition) is 1. The molecule has 5 rings (SSSR count). The van der Waals surface area contributed by atoms with Crippen LogP contribution in [0.25, 0.3) is 10.9 Å². The molecule has 3 aromatic rings. The van der Waals surface area contributed by atoms with E-state index in [9.17, 15) is 9.59 Å². The number of nitrogens with zero attached hydrogens (tertiary/aromatic N) is 2. The number of amides is 2. The van der Waals surface area contributed by atoms with Crippen LogP contribution in [-0.4, -0.2) is 41.0 Å². The highest BCUT2D eigenvalue weighted by molar-refractivity contribution is 5.83. The molecule has 2 amide bonds. The third-order valence-electron chi connectivity index (χ3n) is 6.79. The normalized spacial score (nSPS) is 17.9. The van der Waals surface area contributed by atoms with Crippen LogP contribution in [0.15, 0.2) is 54.7 Å². The summed E-state index contributed by atoms with van der Waals surface area (Å²) < 4.78 is 7.68. The van der Waals surface area contributed by atoms with E-state index in [2.05, 4.69) is 17.4 Å². The molecule has 0 aliphatic carbocycles. The molecule has 33 heavy (non-hydrogen) atoms. The Bertz CT molecular complexity index is 1150. The highest BCUT2D eigenvalue weighted by Gasteiger charge is 2.25. The standard InChI is InChI=1S/C27H31N3O3/c31-26(28-17-20-9-10-25-23(15-20)7-4-14-33-25)16-21-5-3-12-30(18-21)27(32)19-29-13-11-22-6-1-2-8-24(22)29/h1-2,6,8-11,13,15,21H,3-5,7,12,14,16-19H2,(H,28,31)/t21-/m0/s1. The second-order valence-electron chi connectivity index (χ2n) is 9.23. The van der Waals surface area contributed by atoms with Crippen LogP contribution in [0.3, 0.4) is 0 Å². The summed E-state index contributed by atoms with van der Waals surface area (Å²) in [6.07, 6.45) is 6.44. The molecule has 1 saturated heterocycles. The SMILES string of the molecule is O=C(C[C@@H]1CCCN(C(=O)Cn2ccc3ccccc32)C1)NCc1ccc2c(c1)CCCO2. The molecule has 6 heteroatoms. The largest absolute Gasteiger partial charge is 0.493 e. The van der Waals surface area contributed by atoms with Crippen molar-refractivity contribution in [2.45, 2.75) is 45.2 Å². The van der Waals surface area contributed by atoms with Crippen LogP contribution < -0.4 is 10.1 Å². The molecule has 6 nitrogen and oxygen atoms in total. The number of hydrogen-bond acceptors (Lipinski definition) is 3. The summed E-state index contributed by atoms with van der Waals surface area (Å²) >= 11 is 0. The van der Waals surface area contributed by atoms with Gasteiger partial charge in [-0.25, -0.2) is 0 Å². The van der Waals surface area contributed by atoms with Crippen molar-refractivity contribution in [3.8, 4) is 5.75 Å². The van der Waals surface area contributed by atoms with E-state index in [0.717, 1.165) is 61.1 Å². The van der Waals surface area contributed by atoms with Gasteiger partial charge in [-0.05, 0) is 66.3 Å². The van der Waals surface area contributed by atoms with Crippen molar-refractivity contribution in [2.75, 3.05) is 19.7 Å². The van der Waals surface area contributed by atoms with Gasteiger partial charge >= 0.3 is 0 Å². The first-order valence-electron chi connectivity index (χ1n) is 12.0. The van der Waals surface area contributed by atoms with Gasteiger partial charge in [0.15, 0.2) is 0 Å². The minimum Gasteiger partial charge on any atom is -0.493 e. The number of aryl methyl sites for hydroxylation is 1. The first-order valence-corrected chi connectivity index (χ1v) is 12.0. The summed E-state index contributed by atoms with van der Waals surface area (Å²) in [5.74, 6) is 1.36. The van der Waals surface area contributed by atoms with Crippen molar-refractivity contribution >= 4 is 22.7 Å². The van der Waals surface area contributed by atoms with Crippen LogP contribution in [0.5, 0.6) is 5.75 Å². The minimum absolute atomic E-state index is 0.0553. The Balaban J connectivity index is 1.12. The van der Waals surface area contributed by atoms with Gasteiger partial charge in [0.2, 0.25) is 11.8 Å². The molecule has 0 bridgehead atoms. The lowest BCUT2D eigenvalue weighted by Crippen LogP contribution is -2.42. The highest BCUT2D eigenvalue weighted by atomic mass is 16.5. The van der Waals surface area contributed by atoms with E-state index in [1.54, 1.807) is 0 Å². The molecule has 1 atom stereocenters. The van der Waals surface area contributed by atoms with Crippen molar-refractivity contribution in [2.24, 2.45) is 5.92 Å². The third kappa shape index (κ3) is 5.05. The molecule has 1 fully saturated rings. The van der Waals surface area contributed by atoms with E-state index in [0.29, 0.717) is 26.1 Å². The molecule has 0 saturated carbocycles.